The van der Waals surface area contributed by atoms with E-state index in [1.54, 1.807) is 7.11 Å². The van der Waals surface area contributed by atoms with Crippen molar-refractivity contribution in [3.05, 3.63) is 29.8 Å². The third-order valence-electron chi connectivity index (χ3n) is 2.64. The number of carbonyl (C=O) groups is 1. The number of carboxylic acid groups (broad SMARTS) is 1. The van der Waals surface area contributed by atoms with E-state index < -0.39 is 5.97 Å². The molecule has 19 heavy (non-hydrogen) atoms. The Hall–Kier alpha value is -1.04. The summed E-state index contributed by atoms with van der Waals surface area (Å²) in [5.74, 6) is -0.754. The fraction of sp³-hybridized carbons (Fsp3) is 0.500. The molecule has 0 saturated heterocycles. The minimum absolute atomic E-state index is 0.378. The number of aliphatic carboxylic acids is 1. The minimum atomic E-state index is -0.754. The van der Waals surface area contributed by atoms with Crippen LogP contribution < -0.4 is 5.32 Å². The highest BCUT2D eigenvalue weighted by molar-refractivity contribution is 8.00. The molecule has 1 atom stereocenters. The van der Waals surface area contributed by atoms with Gasteiger partial charge in [-0.1, -0.05) is 19.1 Å². The molecule has 106 valence electrons. The predicted molar refractivity (Wildman–Crippen MR) is 77.6 cm³/mol. The Labute approximate surface area is 118 Å². The molecule has 4 nitrogen and oxygen atoms in total. The molecule has 0 aromatic heterocycles. The Kier molecular flexibility index (Phi) is 7.55. The van der Waals surface area contributed by atoms with Gasteiger partial charge in [0.05, 0.1) is 6.61 Å². The lowest BCUT2D eigenvalue weighted by atomic mass is 10.2. The largest absolute Gasteiger partial charge is 0.480 e. The summed E-state index contributed by atoms with van der Waals surface area (Å²) in [6.07, 6.45) is 0.621. The van der Waals surface area contributed by atoms with Crippen LogP contribution in [0.1, 0.15) is 18.9 Å². The number of hydrogen-bond donors (Lipinski definition) is 2. The van der Waals surface area contributed by atoms with Gasteiger partial charge in [0, 0.05) is 25.1 Å². The second kappa shape index (κ2) is 8.96. The van der Waals surface area contributed by atoms with E-state index in [0.29, 0.717) is 13.0 Å². The third kappa shape index (κ3) is 6.09. The number of benzene rings is 1. The van der Waals surface area contributed by atoms with Gasteiger partial charge < -0.3 is 15.2 Å². The van der Waals surface area contributed by atoms with Crippen LogP contribution in [0.5, 0.6) is 0 Å². The molecule has 1 aromatic carbocycles. The topological polar surface area (TPSA) is 58.6 Å². The maximum Gasteiger partial charge on any atom is 0.316 e. The lowest BCUT2D eigenvalue weighted by Gasteiger charge is -2.11. The molecule has 0 saturated carbocycles. The van der Waals surface area contributed by atoms with Crippen LogP contribution in [-0.4, -0.2) is 36.6 Å². The molecule has 1 rings (SSSR count). The van der Waals surface area contributed by atoms with E-state index in [1.807, 2.05) is 31.2 Å². The Balaban J connectivity index is 2.53. The maximum absolute atomic E-state index is 11.0. The van der Waals surface area contributed by atoms with Gasteiger partial charge in [-0.2, -0.15) is 0 Å². The van der Waals surface area contributed by atoms with Crippen molar-refractivity contribution in [2.75, 3.05) is 20.3 Å². The normalized spacial score (nSPS) is 12.3. The molecule has 2 N–H and O–H groups in total. The van der Waals surface area contributed by atoms with Crippen LogP contribution in [0.2, 0.25) is 0 Å². The number of nitrogens with one attached hydrogen (secondary N) is 1. The summed E-state index contributed by atoms with van der Waals surface area (Å²) in [5.41, 5.74) is 1.15. The molecule has 1 aromatic rings. The summed E-state index contributed by atoms with van der Waals surface area (Å²) in [5, 5.41) is 11.9. The lowest BCUT2D eigenvalue weighted by molar-refractivity contribution is -0.136. The van der Waals surface area contributed by atoms with Crippen molar-refractivity contribution in [1.29, 1.82) is 0 Å². The summed E-state index contributed by atoms with van der Waals surface area (Å²) in [6.45, 7) is 4.15. The van der Waals surface area contributed by atoms with E-state index >= 15 is 0 Å². The highest BCUT2D eigenvalue weighted by Crippen LogP contribution is 2.26. The van der Waals surface area contributed by atoms with E-state index in [2.05, 4.69) is 5.32 Å². The van der Waals surface area contributed by atoms with Crippen molar-refractivity contribution >= 4 is 17.7 Å². The number of carboxylic acids is 1. The lowest BCUT2D eigenvalue weighted by Crippen LogP contribution is -2.18. The summed E-state index contributed by atoms with van der Waals surface area (Å²) >= 11 is 1.40. The summed E-state index contributed by atoms with van der Waals surface area (Å²) in [4.78, 5) is 12.0. The number of thioether (sulfide) groups is 1. The van der Waals surface area contributed by atoms with Gasteiger partial charge in [0.15, 0.2) is 0 Å². The molecule has 0 aliphatic heterocycles. The van der Waals surface area contributed by atoms with Crippen molar-refractivity contribution in [1.82, 2.24) is 5.32 Å². The van der Waals surface area contributed by atoms with Crippen LogP contribution in [0.15, 0.2) is 29.2 Å². The quantitative estimate of drug-likeness (QED) is 0.538. The van der Waals surface area contributed by atoms with Gasteiger partial charge >= 0.3 is 5.97 Å². The first-order valence-corrected chi connectivity index (χ1v) is 7.23. The number of rotatable bonds is 9. The molecule has 0 aliphatic rings. The number of hydrogen-bond acceptors (Lipinski definition) is 4. The molecule has 1 unspecified atom stereocenters. The third-order valence-corrected chi connectivity index (χ3v) is 3.98. The zero-order valence-electron chi connectivity index (χ0n) is 11.4. The smallest absolute Gasteiger partial charge is 0.316 e. The van der Waals surface area contributed by atoms with Crippen molar-refractivity contribution in [2.45, 2.75) is 30.0 Å². The van der Waals surface area contributed by atoms with Crippen molar-refractivity contribution in [3.63, 3.8) is 0 Å². The summed E-state index contributed by atoms with van der Waals surface area (Å²) < 4.78 is 4.97. The van der Waals surface area contributed by atoms with Gasteiger partial charge in [-0.05, 0) is 24.1 Å². The van der Waals surface area contributed by atoms with Crippen LogP contribution in [0.25, 0.3) is 0 Å². The summed E-state index contributed by atoms with van der Waals surface area (Å²) in [6, 6.07) is 7.99. The van der Waals surface area contributed by atoms with Gasteiger partial charge in [-0.3, -0.25) is 4.79 Å². The number of methoxy groups -OCH3 is 1. The molecule has 0 amide bonds. The molecule has 0 heterocycles. The van der Waals surface area contributed by atoms with Crippen LogP contribution in [-0.2, 0) is 16.1 Å². The number of ether oxygens (including phenoxy) is 1. The average Bonchev–Trinajstić information content (AvgIpc) is 2.41. The van der Waals surface area contributed by atoms with Crippen molar-refractivity contribution < 1.29 is 14.6 Å². The van der Waals surface area contributed by atoms with Crippen LogP contribution in [0.3, 0.4) is 0 Å². The van der Waals surface area contributed by atoms with Crippen LogP contribution in [0, 0.1) is 0 Å². The monoisotopic (exact) mass is 283 g/mol. The van der Waals surface area contributed by atoms with E-state index in [0.717, 1.165) is 23.5 Å². The highest BCUT2D eigenvalue weighted by Gasteiger charge is 2.16. The van der Waals surface area contributed by atoms with E-state index in [9.17, 15) is 4.79 Å². The van der Waals surface area contributed by atoms with Gasteiger partial charge in [0.1, 0.15) is 5.25 Å². The Morgan fingerprint density at radius 1 is 1.53 bits per heavy atom. The second-order valence-electron chi connectivity index (χ2n) is 4.17. The first kappa shape index (κ1) is 16.0. The molecule has 5 heteroatoms. The van der Waals surface area contributed by atoms with E-state index in [4.69, 9.17) is 9.84 Å². The Morgan fingerprint density at radius 3 is 2.95 bits per heavy atom. The fourth-order valence-electron chi connectivity index (χ4n) is 1.61. The Bertz CT molecular complexity index is 398. The molecule has 0 spiro atoms. The maximum atomic E-state index is 11.0. The predicted octanol–water partition coefficient (Wildman–Crippen LogP) is 2.38. The highest BCUT2D eigenvalue weighted by atomic mass is 32.2. The first-order valence-electron chi connectivity index (χ1n) is 6.35. The van der Waals surface area contributed by atoms with E-state index in [-0.39, 0.29) is 5.25 Å². The zero-order valence-corrected chi connectivity index (χ0v) is 12.2. The summed E-state index contributed by atoms with van der Waals surface area (Å²) in [7, 11) is 1.68. The minimum Gasteiger partial charge on any atom is -0.480 e. The van der Waals surface area contributed by atoms with Crippen molar-refractivity contribution in [3.8, 4) is 0 Å². The Morgan fingerprint density at radius 2 is 2.32 bits per heavy atom. The SMILES string of the molecule is CCC(Sc1cccc(CNCCOC)c1)C(=O)O. The van der Waals surface area contributed by atoms with Crippen LogP contribution >= 0.6 is 11.8 Å². The molecule has 0 aliphatic carbocycles. The zero-order chi connectivity index (χ0) is 14.1. The second-order valence-corrected chi connectivity index (χ2v) is 5.45. The molecule has 0 bridgehead atoms. The van der Waals surface area contributed by atoms with Gasteiger partial charge in [0.25, 0.3) is 0 Å². The van der Waals surface area contributed by atoms with E-state index in [1.165, 1.54) is 11.8 Å². The average molecular weight is 283 g/mol. The fourth-order valence-corrected chi connectivity index (χ4v) is 2.58. The first-order chi connectivity index (χ1) is 9.17. The van der Waals surface area contributed by atoms with Gasteiger partial charge in [-0.25, -0.2) is 0 Å². The van der Waals surface area contributed by atoms with Crippen molar-refractivity contribution in [2.24, 2.45) is 0 Å². The molecular weight excluding hydrogens is 262 g/mol. The molecular formula is C14H21NO3S. The molecule has 0 radical (unpaired) electrons. The molecule has 0 fully saturated rings. The standard InChI is InChI=1S/C14H21NO3S/c1-3-13(14(16)17)19-12-6-4-5-11(9-12)10-15-7-8-18-2/h4-6,9,13,15H,3,7-8,10H2,1-2H3,(H,16,17). The van der Waals surface area contributed by atoms with Gasteiger partial charge in [0.2, 0.25) is 0 Å². The van der Waals surface area contributed by atoms with Crippen LogP contribution in [0.4, 0.5) is 0 Å². The van der Waals surface area contributed by atoms with Gasteiger partial charge in [-0.15, -0.1) is 11.8 Å².